The standard InChI is InChI=1S/C20H30N2O4/c1-2-3-10-21(20(24)16-8-9-16)15-19(23)22(13-17-6-4-11-25-17)14-18-7-5-12-26-18/h4,6,11,16,18H,2-3,5,7-10,12-15H2,1H3/t18-/m1/s1. The molecule has 0 N–H and O–H groups in total. The molecule has 1 aliphatic carbocycles. The fraction of sp³-hybridized carbons (Fsp3) is 0.700. The van der Waals surface area contributed by atoms with Crippen molar-refractivity contribution < 1.29 is 18.7 Å². The van der Waals surface area contributed by atoms with Gasteiger partial charge in [0.1, 0.15) is 5.76 Å². The molecule has 2 fully saturated rings. The summed E-state index contributed by atoms with van der Waals surface area (Å²) in [7, 11) is 0. The molecule has 3 rings (SSSR count). The summed E-state index contributed by atoms with van der Waals surface area (Å²) >= 11 is 0. The molecule has 0 spiro atoms. The maximum atomic E-state index is 13.0. The van der Waals surface area contributed by atoms with E-state index in [1.807, 2.05) is 12.1 Å². The van der Waals surface area contributed by atoms with Gasteiger partial charge in [-0.3, -0.25) is 9.59 Å². The molecule has 26 heavy (non-hydrogen) atoms. The van der Waals surface area contributed by atoms with Crippen LogP contribution in [0.15, 0.2) is 22.8 Å². The normalized spacial score (nSPS) is 19.5. The van der Waals surface area contributed by atoms with Crippen molar-refractivity contribution in [1.29, 1.82) is 0 Å². The molecule has 6 heteroatoms. The van der Waals surface area contributed by atoms with E-state index in [2.05, 4.69) is 6.92 Å². The summed E-state index contributed by atoms with van der Waals surface area (Å²) in [6.45, 7) is 4.65. The Morgan fingerprint density at radius 3 is 2.69 bits per heavy atom. The highest BCUT2D eigenvalue weighted by atomic mass is 16.5. The van der Waals surface area contributed by atoms with Crippen molar-refractivity contribution in [3.63, 3.8) is 0 Å². The van der Waals surface area contributed by atoms with Crippen molar-refractivity contribution in [3.05, 3.63) is 24.2 Å². The second-order valence-corrected chi connectivity index (χ2v) is 7.38. The lowest BCUT2D eigenvalue weighted by atomic mass is 10.2. The first kappa shape index (κ1) is 19.0. The van der Waals surface area contributed by atoms with Crippen LogP contribution in [-0.2, 0) is 20.9 Å². The molecule has 6 nitrogen and oxygen atoms in total. The highest BCUT2D eigenvalue weighted by Crippen LogP contribution is 2.31. The van der Waals surface area contributed by atoms with Crippen LogP contribution >= 0.6 is 0 Å². The zero-order valence-corrected chi connectivity index (χ0v) is 15.7. The monoisotopic (exact) mass is 362 g/mol. The number of hydrogen-bond donors (Lipinski definition) is 0. The topological polar surface area (TPSA) is 63.0 Å². The van der Waals surface area contributed by atoms with Gasteiger partial charge in [-0.2, -0.15) is 0 Å². The first-order chi connectivity index (χ1) is 12.7. The Kier molecular flexibility index (Phi) is 6.72. The minimum absolute atomic E-state index is 0.0259. The molecule has 2 heterocycles. The summed E-state index contributed by atoms with van der Waals surface area (Å²) in [5.41, 5.74) is 0. The number of unbranched alkanes of at least 4 members (excludes halogenated alkanes) is 1. The molecule has 2 aliphatic rings. The maximum absolute atomic E-state index is 13.0. The highest BCUT2D eigenvalue weighted by molar-refractivity contribution is 5.87. The van der Waals surface area contributed by atoms with E-state index in [9.17, 15) is 9.59 Å². The maximum Gasteiger partial charge on any atom is 0.242 e. The quantitative estimate of drug-likeness (QED) is 0.642. The SMILES string of the molecule is CCCCN(CC(=O)N(Cc1ccco1)C[C@H]1CCCO1)C(=O)C1CC1. The van der Waals surface area contributed by atoms with Gasteiger partial charge in [0.2, 0.25) is 11.8 Å². The van der Waals surface area contributed by atoms with E-state index in [-0.39, 0.29) is 30.4 Å². The zero-order valence-electron chi connectivity index (χ0n) is 15.7. The van der Waals surface area contributed by atoms with Crippen LogP contribution in [0.5, 0.6) is 0 Å². The molecule has 0 bridgehead atoms. The van der Waals surface area contributed by atoms with E-state index in [4.69, 9.17) is 9.15 Å². The average Bonchev–Trinajstić information content (AvgIpc) is 3.12. The van der Waals surface area contributed by atoms with Gasteiger partial charge in [-0.25, -0.2) is 0 Å². The van der Waals surface area contributed by atoms with E-state index >= 15 is 0 Å². The average molecular weight is 362 g/mol. The van der Waals surface area contributed by atoms with Crippen molar-refractivity contribution in [2.75, 3.05) is 26.2 Å². The van der Waals surface area contributed by atoms with Gasteiger partial charge in [0, 0.05) is 25.6 Å². The Labute approximate surface area is 155 Å². The molecule has 0 aromatic carbocycles. The van der Waals surface area contributed by atoms with Gasteiger partial charge in [-0.05, 0) is 44.2 Å². The zero-order chi connectivity index (χ0) is 18.4. The molecule has 1 saturated heterocycles. The third-order valence-electron chi connectivity index (χ3n) is 5.07. The second kappa shape index (κ2) is 9.21. The minimum Gasteiger partial charge on any atom is -0.467 e. The Bertz CT molecular complexity index is 577. The summed E-state index contributed by atoms with van der Waals surface area (Å²) in [4.78, 5) is 29.1. The fourth-order valence-electron chi connectivity index (χ4n) is 3.35. The van der Waals surface area contributed by atoms with Crippen LogP contribution in [0.1, 0.15) is 51.2 Å². The van der Waals surface area contributed by atoms with Crippen LogP contribution in [-0.4, -0.2) is 54.0 Å². The van der Waals surface area contributed by atoms with Crippen molar-refractivity contribution >= 4 is 11.8 Å². The first-order valence-corrected chi connectivity index (χ1v) is 9.88. The van der Waals surface area contributed by atoms with Gasteiger partial charge in [0.15, 0.2) is 0 Å². The number of hydrogen-bond acceptors (Lipinski definition) is 4. The lowest BCUT2D eigenvalue weighted by molar-refractivity contribution is -0.142. The van der Waals surface area contributed by atoms with Gasteiger partial charge in [0.25, 0.3) is 0 Å². The third-order valence-corrected chi connectivity index (χ3v) is 5.07. The Morgan fingerprint density at radius 2 is 2.08 bits per heavy atom. The molecule has 1 aromatic heterocycles. The summed E-state index contributed by atoms with van der Waals surface area (Å²) in [5, 5.41) is 0. The highest BCUT2D eigenvalue weighted by Gasteiger charge is 2.34. The van der Waals surface area contributed by atoms with Crippen LogP contribution in [0, 0.1) is 5.92 Å². The van der Waals surface area contributed by atoms with E-state index < -0.39 is 0 Å². The van der Waals surface area contributed by atoms with E-state index in [1.165, 1.54) is 0 Å². The number of ether oxygens (including phenoxy) is 1. The predicted octanol–water partition coefficient (Wildman–Crippen LogP) is 2.83. The van der Waals surface area contributed by atoms with Gasteiger partial charge in [-0.1, -0.05) is 13.3 Å². The number of rotatable bonds is 10. The number of furan rings is 1. The number of carbonyl (C=O) groups excluding carboxylic acids is 2. The molecular weight excluding hydrogens is 332 g/mol. The fourth-order valence-corrected chi connectivity index (χ4v) is 3.35. The molecule has 1 saturated carbocycles. The van der Waals surface area contributed by atoms with Crippen LogP contribution in [0.3, 0.4) is 0 Å². The molecule has 0 unspecified atom stereocenters. The largest absolute Gasteiger partial charge is 0.467 e. The van der Waals surface area contributed by atoms with Gasteiger partial charge >= 0.3 is 0 Å². The molecule has 2 amide bonds. The Balaban J connectivity index is 1.64. The summed E-state index contributed by atoms with van der Waals surface area (Å²) in [5.74, 6) is 1.00. The van der Waals surface area contributed by atoms with E-state index in [1.54, 1.807) is 16.1 Å². The summed E-state index contributed by atoms with van der Waals surface area (Å²) in [6.07, 6.45) is 7.57. The second-order valence-electron chi connectivity index (χ2n) is 7.38. The number of nitrogens with zero attached hydrogens (tertiary/aromatic N) is 2. The predicted molar refractivity (Wildman–Crippen MR) is 97.3 cm³/mol. The molecule has 1 atom stereocenters. The van der Waals surface area contributed by atoms with E-state index in [0.29, 0.717) is 19.6 Å². The minimum atomic E-state index is -0.0259. The Morgan fingerprint density at radius 1 is 1.23 bits per heavy atom. The van der Waals surface area contributed by atoms with Crippen LogP contribution < -0.4 is 0 Å². The first-order valence-electron chi connectivity index (χ1n) is 9.88. The summed E-state index contributed by atoms with van der Waals surface area (Å²) in [6, 6.07) is 3.70. The lowest BCUT2D eigenvalue weighted by Crippen LogP contribution is -2.45. The lowest BCUT2D eigenvalue weighted by Gasteiger charge is -2.29. The molecule has 1 aliphatic heterocycles. The number of amides is 2. The van der Waals surface area contributed by atoms with Gasteiger partial charge in [-0.15, -0.1) is 0 Å². The van der Waals surface area contributed by atoms with Crippen molar-refractivity contribution in [2.24, 2.45) is 5.92 Å². The molecule has 0 radical (unpaired) electrons. The molecule has 144 valence electrons. The van der Waals surface area contributed by atoms with Crippen LogP contribution in [0.25, 0.3) is 0 Å². The smallest absolute Gasteiger partial charge is 0.242 e. The van der Waals surface area contributed by atoms with Crippen LogP contribution in [0.4, 0.5) is 0 Å². The number of carbonyl (C=O) groups is 2. The molecule has 1 aromatic rings. The van der Waals surface area contributed by atoms with Gasteiger partial charge in [0.05, 0.1) is 25.5 Å². The van der Waals surface area contributed by atoms with Crippen molar-refractivity contribution in [3.8, 4) is 0 Å². The molecular formula is C20H30N2O4. The van der Waals surface area contributed by atoms with Crippen LogP contribution in [0.2, 0.25) is 0 Å². The van der Waals surface area contributed by atoms with Crippen molar-refractivity contribution in [1.82, 2.24) is 9.80 Å². The third kappa shape index (κ3) is 5.34. The van der Waals surface area contributed by atoms with Crippen molar-refractivity contribution in [2.45, 2.75) is 58.1 Å². The van der Waals surface area contributed by atoms with E-state index in [0.717, 1.165) is 50.9 Å². The van der Waals surface area contributed by atoms with Gasteiger partial charge < -0.3 is 19.0 Å². The summed E-state index contributed by atoms with van der Waals surface area (Å²) < 4.78 is 11.1. The Hall–Kier alpha value is -1.82.